The second-order valence-electron chi connectivity index (χ2n) is 5.31. The molecule has 1 aliphatic rings. The van der Waals surface area contributed by atoms with Gasteiger partial charge in [0.2, 0.25) is 5.95 Å². The molecule has 0 amide bonds. The zero-order valence-electron chi connectivity index (χ0n) is 10.3. The summed E-state index contributed by atoms with van der Waals surface area (Å²) < 4.78 is 0. The Morgan fingerprint density at radius 2 is 1.81 bits per heavy atom. The third kappa shape index (κ3) is 2.94. The Kier molecular flexibility index (Phi) is 3.42. The van der Waals surface area contributed by atoms with Gasteiger partial charge >= 0.3 is 0 Å². The molecule has 1 saturated carbocycles. The highest BCUT2D eigenvalue weighted by Crippen LogP contribution is 2.35. The first kappa shape index (κ1) is 11.4. The summed E-state index contributed by atoms with van der Waals surface area (Å²) in [5.74, 6) is 0.761. The van der Waals surface area contributed by atoms with Crippen LogP contribution in [0.5, 0.6) is 0 Å². The Hall–Kier alpha value is -1.12. The van der Waals surface area contributed by atoms with E-state index in [1.165, 1.54) is 32.1 Å². The number of hydrogen-bond donors (Lipinski definition) is 1. The monoisotopic (exact) mass is 219 g/mol. The Morgan fingerprint density at radius 1 is 1.19 bits per heavy atom. The van der Waals surface area contributed by atoms with Gasteiger partial charge in [-0.2, -0.15) is 0 Å². The fraction of sp³-hybridized carbons (Fsp3) is 0.692. The van der Waals surface area contributed by atoms with Crippen LogP contribution in [0.2, 0.25) is 0 Å². The van der Waals surface area contributed by atoms with Gasteiger partial charge in [-0.15, -0.1) is 0 Å². The van der Waals surface area contributed by atoms with E-state index in [9.17, 15) is 0 Å². The van der Waals surface area contributed by atoms with Crippen LogP contribution in [0.15, 0.2) is 12.4 Å². The highest BCUT2D eigenvalue weighted by atomic mass is 15.1. The van der Waals surface area contributed by atoms with Crippen molar-refractivity contribution in [1.82, 2.24) is 9.97 Å². The SMILES string of the molecule is Cc1cnc(NCC2(C)CCCCC2)nc1. The van der Waals surface area contributed by atoms with Crippen molar-refractivity contribution in [2.45, 2.75) is 46.0 Å². The van der Waals surface area contributed by atoms with Crippen molar-refractivity contribution < 1.29 is 0 Å². The molecule has 0 bridgehead atoms. The van der Waals surface area contributed by atoms with Crippen LogP contribution in [0.1, 0.15) is 44.6 Å². The fourth-order valence-electron chi connectivity index (χ4n) is 2.36. The number of anilines is 1. The predicted octanol–water partition coefficient (Wildman–Crippen LogP) is 3.17. The predicted molar refractivity (Wildman–Crippen MR) is 66.5 cm³/mol. The highest BCUT2D eigenvalue weighted by molar-refractivity contribution is 5.24. The number of aryl methyl sites for hydroxylation is 1. The van der Waals surface area contributed by atoms with Gasteiger partial charge in [0.1, 0.15) is 0 Å². The van der Waals surface area contributed by atoms with Crippen LogP contribution in [-0.2, 0) is 0 Å². The standard InChI is InChI=1S/C13H21N3/c1-11-8-14-12(15-9-11)16-10-13(2)6-4-3-5-7-13/h8-9H,3-7,10H2,1-2H3,(H,14,15,16). The van der Waals surface area contributed by atoms with Crippen LogP contribution in [0.25, 0.3) is 0 Å². The van der Waals surface area contributed by atoms with Crippen molar-refractivity contribution >= 4 is 5.95 Å². The minimum absolute atomic E-state index is 0.437. The second-order valence-corrected chi connectivity index (χ2v) is 5.31. The van der Waals surface area contributed by atoms with E-state index in [-0.39, 0.29) is 0 Å². The third-order valence-electron chi connectivity index (χ3n) is 3.51. The van der Waals surface area contributed by atoms with Gasteiger partial charge in [-0.3, -0.25) is 0 Å². The first-order valence-corrected chi connectivity index (χ1v) is 6.21. The molecule has 16 heavy (non-hydrogen) atoms. The topological polar surface area (TPSA) is 37.8 Å². The third-order valence-corrected chi connectivity index (χ3v) is 3.51. The molecule has 3 nitrogen and oxygen atoms in total. The molecule has 0 aromatic carbocycles. The molecule has 0 unspecified atom stereocenters. The first-order chi connectivity index (χ1) is 7.68. The van der Waals surface area contributed by atoms with E-state index in [1.54, 1.807) is 0 Å². The second kappa shape index (κ2) is 4.81. The Bertz CT molecular complexity index is 326. The molecule has 88 valence electrons. The van der Waals surface area contributed by atoms with E-state index in [4.69, 9.17) is 0 Å². The van der Waals surface area contributed by atoms with Gasteiger partial charge < -0.3 is 5.32 Å². The number of nitrogens with one attached hydrogen (secondary N) is 1. The first-order valence-electron chi connectivity index (χ1n) is 6.21. The molecular formula is C13H21N3. The molecule has 1 heterocycles. The molecule has 2 rings (SSSR count). The Balaban J connectivity index is 1.88. The molecule has 1 N–H and O–H groups in total. The number of nitrogens with zero attached hydrogens (tertiary/aromatic N) is 2. The van der Waals surface area contributed by atoms with Gasteiger partial charge in [0.05, 0.1) is 0 Å². The van der Waals surface area contributed by atoms with Crippen LogP contribution in [0.3, 0.4) is 0 Å². The van der Waals surface area contributed by atoms with Crippen molar-refractivity contribution in [3.05, 3.63) is 18.0 Å². The zero-order chi connectivity index (χ0) is 11.4. The van der Waals surface area contributed by atoms with Gasteiger partial charge in [-0.25, -0.2) is 9.97 Å². The van der Waals surface area contributed by atoms with E-state index < -0.39 is 0 Å². The number of aromatic nitrogens is 2. The maximum absolute atomic E-state index is 4.27. The number of rotatable bonds is 3. The molecule has 0 spiro atoms. The van der Waals surface area contributed by atoms with Crippen molar-refractivity contribution in [3.8, 4) is 0 Å². The van der Waals surface area contributed by atoms with Gasteiger partial charge in [-0.05, 0) is 30.7 Å². The van der Waals surface area contributed by atoms with Crippen LogP contribution < -0.4 is 5.32 Å². The molecule has 0 saturated heterocycles. The molecule has 1 aromatic heterocycles. The summed E-state index contributed by atoms with van der Waals surface area (Å²) in [4.78, 5) is 8.54. The lowest BCUT2D eigenvalue weighted by molar-refractivity contribution is 0.233. The van der Waals surface area contributed by atoms with E-state index in [0.717, 1.165) is 18.1 Å². The fourth-order valence-corrected chi connectivity index (χ4v) is 2.36. The van der Waals surface area contributed by atoms with E-state index in [1.807, 2.05) is 19.3 Å². The van der Waals surface area contributed by atoms with Crippen molar-refractivity contribution in [2.24, 2.45) is 5.41 Å². The summed E-state index contributed by atoms with van der Waals surface area (Å²) in [6, 6.07) is 0. The molecule has 1 aromatic rings. The lowest BCUT2D eigenvalue weighted by Crippen LogP contribution is -2.29. The van der Waals surface area contributed by atoms with Gasteiger partial charge in [0.15, 0.2) is 0 Å². The van der Waals surface area contributed by atoms with E-state index >= 15 is 0 Å². The van der Waals surface area contributed by atoms with Gasteiger partial charge in [0, 0.05) is 18.9 Å². The molecule has 1 aliphatic carbocycles. The molecule has 3 heteroatoms. The Morgan fingerprint density at radius 3 is 2.44 bits per heavy atom. The summed E-state index contributed by atoms with van der Waals surface area (Å²) in [6.07, 6.45) is 10.5. The smallest absolute Gasteiger partial charge is 0.222 e. The Labute approximate surface area is 97.7 Å². The quantitative estimate of drug-likeness (QED) is 0.848. The van der Waals surface area contributed by atoms with E-state index in [2.05, 4.69) is 22.2 Å². The summed E-state index contributed by atoms with van der Waals surface area (Å²) in [6.45, 7) is 5.37. The highest BCUT2D eigenvalue weighted by Gasteiger charge is 2.26. The minimum atomic E-state index is 0.437. The molecular weight excluding hydrogens is 198 g/mol. The maximum atomic E-state index is 4.27. The summed E-state index contributed by atoms with van der Waals surface area (Å²) >= 11 is 0. The largest absolute Gasteiger partial charge is 0.354 e. The van der Waals surface area contributed by atoms with Crippen molar-refractivity contribution in [1.29, 1.82) is 0 Å². The molecule has 0 atom stereocenters. The zero-order valence-corrected chi connectivity index (χ0v) is 10.3. The van der Waals surface area contributed by atoms with E-state index in [0.29, 0.717) is 5.41 Å². The van der Waals surface area contributed by atoms with Crippen LogP contribution in [-0.4, -0.2) is 16.5 Å². The van der Waals surface area contributed by atoms with Gasteiger partial charge in [0.25, 0.3) is 0 Å². The maximum Gasteiger partial charge on any atom is 0.222 e. The average Bonchev–Trinajstić information content (AvgIpc) is 2.29. The van der Waals surface area contributed by atoms with Crippen LogP contribution in [0.4, 0.5) is 5.95 Å². The normalized spacial score (nSPS) is 19.4. The average molecular weight is 219 g/mol. The summed E-state index contributed by atoms with van der Waals surface area (Å²) in [7, 11) is 0. The van der Waals surface area contributed by atoms with Crippen LogP contribution in [0, 0.1) is 12.3 Å². The van der Waals surface area contributed by atoms with Crippen LogP contribution >= 0.6 is 0 Å². The summed E-state index contributed by atoms with van der Waals surface area (Å²) in [5.41, 5.74) is 1.54. The summed E-state index contributed by atoms with van der Waals surface area (Å²) in [5, 5.41) is 3.36. The lowest BCUT2D eigenvalue weighted by atomic mass is 9.76. The lowest BCUT2D eigenvalue weighted by Gasteiger charge is -2.33. The molecule has 0 radical (unpaired) electrons. The van der Waals surface area contributed by atoms with Crippen molar-refractivity contribution in [2.75, 3.05) is 11.9 Å². The van der Waals surface area contributed by atoms with Crippen molar-refractivity contribution in [3.63, 3.8) is 0 Å². The van der Waals surface area contributed by atoms with Gasteiger partial charge in [-0.1, -0.05) is 26.2 Å². The minimum Gasteiger partial charge on any atom is -0.354 e. The number of hydrogen-bond acceptors (Lipinski definition) is 3. The molecule has 1 fully saturated rings. The molecule has 0 aliphatic heterocycles.